The number of fused-ring (bicyclic) bond motifs is 3. The third-order valence-electron chi connectivity index (χ3n) is 5.27. The van der Waals surface area contributed by atoms with Crippen molar-refractivity contribution in [1.29, 1.82) is 0 Å². The molecule has 7 nitrogen and oxygen atoms in total. The van der Waals surface area contributed by atoms with Gasteiger partial charge in [-0.15, -0.1) is 0 Å². The van der Waals surface area contributed by atoms with E-state index in [9.17, 15) is 8.42 Å². The van der Waals surface area contributed by atoms with Gasteiger partial charge in [-0.1, -0.05) is 24.3 Å². The fraction of sp³-hybridized carbons (Fsp3) is 0.217. The monoisotopic (exact) mass is 519 g/mol. The standard InChI is InChI=1S/C23H22BrNO6S/c1-28-18-8-5-14(11-20(18)29-2)22-16-10-13(12-32(25,26)27)4-6-15(16)21-19(31-22)9-7-17(24)23(21)30-3/h4-11,22H,12H2,1-3H3,(H2,25,26,27). The second kappa shape index (κ2) is 8.65. The molecule has 1 aliphatic rings. The van der Waals surface area contributed by atoms with Gasteiger partial charge in [0.25, 0.3) is 0 Å². The van der Waals surface area contributed by atoms with Gasteiger partial charge >= 0.3 is 0 Å². The summed E-state index contributed by atoms with van der Waals surface area (Å²) >= 11 is 3.53. The molecular formula is C23H22BrNO6S. The number of methoxy groups -OCH3 is 3. The minimum Gasteiger partial charge on any atom is -0.495 e. The van der Waals surface area contributed by atoms with Crippen LogP contribution in [-0.4, -0.2) is 29.7 Å². The molecule has 1 atom stereocenters. The van der Waals surface area contributed by atoms with Gasteiger partial charge in [0.2, 0.25) is 10.0 Å². The molecule has 4 rings (SSSR count). The van der Waals surface area contributed by atoms with Crippen molar-refractivity contribution in [3.8, 4) is 34.1 Å². The molecule has 168 valence electrons. The third kappa shape index (κ3) is 4.15. The summed E-state index contributed by atoms with van der Waals surface area (Å²) in [5.74, 6) is 2.17. The first kappa shape index (κ1) is 22.4. The topological polar surface area (TPSA) is 97.1 Å². The van der Waals surface area contributed by atoms with Crippen LogP contribution in [-0.2, 0) is 15.8 Å². The van der Waals surface area contributed by atoms with Crippen molar-refractivity contribution in [3.63, 3.8) is 0 Å². The second-order valence-electron chi connectivity index (χ2n) is 7.29. The number of sulfonamides is 1. The molecule has 0 fully saturated rings. The average molecular weight is 520 g/mol. The number of primary sulfonamides is 1. The van der Waals surface area contributed by atoms with E-state index in [0.717, 1.165) is 26.7 Å². The zero-order valence-corrected chi connectivity index (χ0v) is 20.1. The number of rotatable bonds is 6. The fourth-order valence-electron chi connectivity index (χ4n) is 3.92. The van der Waals surface area contributed by atoms with Crippen molar-refractivity contribution in [1.82, 2.24) is 0 Å². The second-order valence-corrected chi connectivity index (χ2v) is 9.76. The molecule has 0 aromatic heterocycles. The van der Waals surface area contributed by atoms with Crippen LogP contribution in [0.2, 0.25) is 0 Å². The predicted octanol–water partition coefficient (Wildman–Crippen LogP) is 4.41. The van der Waals surface area contributed by atoms with Crippen LogP contribution in [0.4, 0.5) is 0 Å². The Labute approximate surface area is 195 Å². The molecule has 1 heterocycles. The molecule has 3 aromatic carbocycles. The maximum Gasteiger partial charge on any atom is 0.213 e. The van der Waals surface area contributed by atoms with Crippen LogP contribution in [0, 0.1) is 0 Å². The highest BCUT2D eigenvalue weighted by Crippen LogP contribution is 2.51. The van der Waals surface area contributed by atoms with E-state index in [-0.39, 0.29) is 5.75 Å². The molecule has 2 N–H and O–H groups in total. The number of halogens is 1. The average Bonchev–Trinajstić information content (AvgIpc) is 2.76. The molecule has 0 bridgehead atoms. The van der Waals surface area contributed by atoms with Crippen LogP contribution in [0.15, 0.2) is 53.0 Å². The van der Waals surface area contributed by atoms with Crippen molar-refractivity contribution >= 4 is 26.0 Å². The molecule has 0 spiro atoms. The SMILES string of the molecule is COc1ccc(C2Oc3ccc(Br)c(OC)c3-c3ccc(CS(N)(=O)=O)cc32)cc1OC. The van der Waals surface area contributed by atoms with Gasteiger partial charge in [0.1, 0.15) is 17.6 Å². The van der Waals surface area contributed by atoms with Gasteiger partial charge in [0.05, 0.1) is 37.1 Å². The lowest BCUT2D eigenvalue weighted by Crippen LogP contribution is -2.18. The Morgan fingerprint density at radius 2 is 1.72 bits per heavy atom. The summed E-state index contributed by atoms with van der Waals surface area (Å²) in [6.45, 7) is 0. The van der Waals surface area contributed by atoms with Crippen LogP contribution in [0.3, 0.4) is 0 Å². The van der Waals surface area contributed by atoms with E-state index >= 15 is 0 Å². The number of hydrogen-bond donors (Lipinski definition) is 1. The van der Waals surface area contributed by atoms with Crippen LogP contribution < -0.4 is 24.1 Å². The lowest BCUT2D eigenvalue weighted by Gasteiger charge is -2.31. The van der Waals surface area contributed by atoms with Gasteiger partial charge in [-0.05, 0) is 51.3 Å². The zero-order chi connectivity index (χ0) is 23.0. The number of ether oxygens (including phenoxy) is 4. The molecule has 0 saturated heterocycles. The highest BCUT2D eigenvalue weighted by Gasteiger charge is 2.31. The quantitative estimate of drug-likeness (QED) is 0.517. The molecule has 1 unspecified atom stereocenters. The minimum atomic E-state index is -3.70. The Balaban J connectivity index is 1.94. The summed E-state index contributed by atoms with van der Waals surface area (Å²) in [5, 5.41) is 5.29. The van der Waals surface area contributed by atoms with Crippen molar-refractivity contribution in [2.45, 2.75) is 11.9 Å². The molecule has 1 aliphatic heterocycles. The van der Waals surface area contributed by atoms with E-state index in [4.69, 9.17) is 24.1 Å². The van der Waals surface area contributed by atoms with Crippen molar-refractivity contribution in [2.75, 3.05) is 21.3 Å². The zero-order valence-electron chi connectivity index (χ0n) is 17.7. The Morgan fingerprint density at radius 1 is 0.969 bits per heavy atom. The largest absolute Gasteiger partial charge is 0.495 e. The molecule has 3 aromatic rings. The Hall–Kier alpha value is -2.75. The molecule has 9 heteroatoms. The molecule has 32 heavy (non-hydrogen) atoms. The Kier molecular flexibility index (Phi) is 6.07. The maximum atomic E-state index is 11.7. The van der Waals surface area contributed by atoms with E-state index < -0.39 is 16.1 Å². The van der Waals surface area contributed by atoms with Crippen molar-refractivity contribution in [2.24, 2.45) is 5.14 Å². The van der Waals surface area contributed by atoms with Gasteiger partial charge in [0, 0.05) is 11.1 Å². The third-order valence-corrected chi connectivity index (χ3v) is 6.63. The van der Waals surface area contributed by atoms with E-state index in [0.29, 0.717) is 28.6 Å². The van der Waals surface area contributed by atoms with Crippen molar-refractivity contribution < 1.29 is 27.4 Å². The summed E-state index contributed by atoms with van der Waals surface area (Å²) < 4.78 is 47.1. The Bertz CT molecular complexity index is 1290. The van der Waals surface area contributed by atoms with Gasteiger partial charge in [-0.25, -0.2) is 13.6 Å². The number of hydrogen-bond acceptors (Lipinski definition) is 6. The van der Waals surface area contributed by atoms with Gasteiger partial charge in [-0.2, -0.15) is 0 Å². The van der Waals surface area contributed by atoms with Crippen LogP contribution in [0.25, 0.3) is 11.1 Å². The first-order valence-corrected chi connectivity index (χ1v) is 12.1. The Morgan fingerprint density at radius 3 is 2.38 bits per heavy atom. The molecular weight excluding hydrogens is 498 g/mol. The minimum absolute atomic E-state index is 0.276. The lowest BCUT2D eigenvalue weighted by molar-refractivity contribution is 0.241. The van der Waals surface area contributed by atoms with Crippen molar-refractivity contribution in [3.05, 3.63) is 69.7 Å². The molecule has 0 radical (unpaired) electrons. The first-order valence-electron chi connectivity index (χ1n) is 9.64. The number of nitrogens with two attached hydrogens (primary N) is 1. The van der Waals surface area contributed by atoms with Crippen LogP contribution >= 0.6 is 15.9 Å². The fourth-order valence-corrected chi connectivity index (χ4v) is 5.06. The normalized spacial score (nSPS) is 14.7. The molecule has 0 aliphatic carbocycles. The van der Waals surface area contributed by atoms with Crippen LogP contribution in [0.1, 0.15) is 22.8 Å². The lowest BCUT2D eigenvalue weighted by atomic mass is 9.88. The first-order chi connectivity index (χ1) is 15.3. The summed E-state index contributed by atoms with van der Waals surface area (Å²) in [4.78, 5) is 0. The number of benzene rings is 3. The smallest absolute Gasteiger partial charge is 0.213 e. The van der Waals surface area contributed by atoms with Crippen LogP contribution in [0.5, 0.6) is 23.0 Å². The van der Waals surface area contributed by atoms with E-state index in [2.05, 4.69) is 15.9 Å². The van der Waals surface area contributed by atoms with Gasteiger partial charge in [0.15, 0.2) is 11.5 Å². The summed E-state index contributed by atoms with van der Waals surface area (Å²) in [5.41, 5.74) is 3.85. The van der Waals surface area contributed by atoms with E-state index in [1.807, 2.05) is 42.5 Å². The summed E-state index contributed by atoms with van der Waals surface area (Å²) in [6.07, 6.45) is -0.511. The van der Waals surface area contributed by atoms with E-state index in [1.54, 1.807) is 27.4 Å². The van der Waals surface area contributed by atoms with Gasteiger partial charge in [-0.3, -0.25) is 0 Å². The highest BCUT2D eigenvalue weighted by atomic mass is 79.9. The van der Waals surface area contributed by atoms with Gasteiger partial charge < -0.3 is 18.9 Å². The molecule has 0 amide bonds. The summed E-state index contributed by atoms with van der Waals surface area (Å²) in [7, 11) is 1.04. The summed E-state index contributed by atoms with van der Waals surface area (Å²) in [6, 6.07) is 14.7. The highest BCUT2D eigenvalue weighted by molar-refractivity contribution is 9.10. The predicted molar refractivity (Wildman–Crippen MR) is 125 cm³/mol. The maximum absolute atomic E-state index is 11.7. The van der Waals surface area contributed by atoms with E-state index in [1.165, 1.54) is 0 Å². The molecule has 0 saturated carbocycles.